The maximum atomic E-state index is 13.3. The van der Waals surface area contributed by atoms with Gasteiger partial charge in [-0.3, -0.25) is 4.79 Å². The molecule has 0 spiro atoms. The van der Waals surface area contributed by atoms with Crippen LogP contribution < -0.4 is 0 Å². The second-order valence-electron chi connectivity index (χ2n) is 9.54. The number of aliphatic carboxylic acids is 1. The number of aliphatic hydroxyl groups excluding tert-OH is 2. The molecule has 0 saturated heterocycles. The number of esters is 1. The lowest BCUT2D eigenvalue weighted by Crippen LogP contribution is -2.48. The van der Waals surface area contributed by atoms with Crippen molar-refractivity contribution >= 4 is 11.9 Å². The average Bonchev–Trinajstić information content (AvgIpc) is 3.20. The fraction of sp³-hybridized carbons (Fsp3) is 0.290. The highest BCUT2D eigenvalue weighted by Gasteiger charge is 2.53. The van der Waals surface area contributed by atoms with Crippen LogP contribution in [0.25, 0.3) is 11.1 Å². The van der Waals surface area contributed by atoms with Gasteiger partial charge in [-0.2, -0.15) is 0 Å². The van der Waals surface area contributed by atoms with E-state index in [1.54, 1.807) is 30.4 Å². The zero-order chi connectivity index (χ0) is 26.3. The van der Waals surface area contributed by atoms with E-state index < -0.39 is 42.1 Å². The molecule has 0 bridgehead atoms. The van der Waals surface area contributed by atoms with Gasteiger partial charge in [-0.15, -0.1) is 0 Å². The van der Waals surface area contributed by atoms with Gasteiger partial charge in [0.1, 0.15) is 0 Å². The summed E-state index contributed by atoms with van der Waals surface area (Å²) < 4.78 is 5.87. The molecule has 0 aromatic heterocycles. The minimum Gasteiger partial charge on any atom is -0.481 e. The molecule has 1 aliphatic carbocycles. The zero-order valence-electron chi connectivity index (χ0n) is 20.6. The molecule has 4 rings (SSSR count). The molecule has 192 valence electrons. The average molecular weight is 501 g/mol. The molecule has 3 aromatic rings. The van der Waals surface area contributed by atoms with Crippen LogP contribution in [0, 0.1) is 5.92 Å². The third-order valence-corrected chi connectivity index (χ3v) is 7.00. The van der Waals surface area contributed by atoms with Crippen molar-refractivity contribution in [1.29, 1.82) is 0 Å². The van der Waals surface area contributed by atoms with Gasteiger partial charge in [-0.25, -0.2) is 4.79 Å². The number of ether oxygens (including phenoxy) is 1. The van der Waals surface area contributed by atoms with E-state index in [1.807, 2.05) is 66.7 Å². The SMILES string of the molecule is O=C(O)CC1(OC(=O)c2cccc(-c3ccccc3)c2)C(O)CCC1C=CC(O)CCc1ccccc1. The molecule has 0 radical (unpaired) electrons. The van der Waals surface area contributed by atoms with Gasteiger partial charge in [0.2, 0.25) is 0 Å². The topological polar surface area (TPSA) is 104 Å². The molecule has 4 atom stereocenters. The van der Waals surface area contributed by atoms with Crippen molar-refractivity contribution in [2.24, 2.45) is 5.92 Å². The molecular formula is C31H32O6. The molecule has 4 unspecified atom stereocenters. The summed E-state index contributed by atoms with van der Waals surface area (Å²) in [6.45, 7) is 0. The van der Waals surface area contributed by atoms with Crippen LogP contribution in [0.2, 0.25) is 0 Å². The monoisotopic (exact) mass is 500 g/mol. The zero-order valence-corrected chi connectivity index (χ0v) is 20.6. The Kier molecular flexibility index (Phi) is 8.54. The van der Waals surface area contributed by atoms with Gasteiger partial charge >= 0.3 is 11.9 Å². The predicted octanol–water partition coefficient (Wildman–Crippen LogP) is 5.04. The summed E-state index contributed by atoms with van der Waals surface area (Å²) in [6, 6.07) is 26.3. The van der Waals surface area contributed by atoms with Crippen molar-refractivity contribution in [3.63, 3.8) is 0 Å². The van der Waals surface area contributed by atoms with Crippen molar-refractivity contribution in [2.45, 2.75) is 49.9 Å². The van der Waals surface area contributed by atoms with E-state index in [2.05, 4.69) is 0 Å². The maximum absolute atomic E-state index is 13.3. The molecule has 6 nitrogen and oxygen atoms in total. The second-order valence-corrected chi connectivity index (χ2v) is 9.54. The molecule has 3 aromatic carbocycles. The molecule has 1 saturated carbocycles. The Labute approximate surface area is 216 Å². The number of carboxylic acid groups (broad SMARTS) is 1. The van der Waals surface area contributed by atoms with Gasteiger partial charge < -0.3 is 20.1 Å². The highest BCUT2D eigenvalue weighted by molar-refractivity contribution is 5.91. The lowest BCUT2D eigenvalue weighted by molar-refractivity contribution is -0.150. The number of carbonyl (C=O) groups is 2. The third-order valence-electron chi connectivity index (χ3n) is 7.00. The van der Waals surface area contributed by atoms with Crippen LogP contribution in [0.4, 0.5) is 0 Å². The van der Waals surface area contributed by atoms with E-state index in [-0.39, 0.29) is 5.56 Å². The first kappa shape index (κ1) is 26.3. The summed E-state index contributed by atoms with van der Waals surface area (Å²) in [4.78, 5) is 25.1. The minimum absolute atomic E-state index is 0.274. The number of hydrogen-bond donors (Lipinski definition) is 3. The minimum atomic E-state index is -1.62. The summed E-state index contributed by atoms with van der Waals surface area (Å²) >= 11 is 0. The molecule has 0 heterocycles. The van der Waals surface area contributed by atoms with E-state index in [4.69, 9.17) is 4.74 Å². The highest BCUT2D eigenvalue weighted by atomic mass is 16.6. The first-order valence-electron chi connectivity index (χ1n) is 12.6. The lowest BCUT2D eigenvalue weighted by Gasteiger charge is -2.35. The maximum Gasteiger partial charge on any atom is 0.338 e. The number of rotatable bonds is 10. The van der Waals surface area contributed by atoms with Crippen LogP contribution in [0.15, 0.2) is 97.1 Å². The van der Waals surface area contributed by atoms with Crippen LogP contribution in [0.3, 0.4) is 0 Å². The van der Waals surface area contributed by atoms with E-state index in [1.165, 1.54) is 0 Å². The fourth-order valence-corrected chi connectivity index (χ4v) is 5.00. The Balaban J connectivity index is 1.52. The third kappa shape index (κ3) is 6.53. The van der Waals surface area contributed by atoms with Gasteiger partial charge in [0.25, 0.3) is 0 Å². The molecule has 0 amide bonds. The number of hydrogen-bond acceptors (Lipinski definition) is 5. The highest BCUT2D eigenvalue weighted by Crippen LogP contribution is 2.43. The Bertz CT molecular complexity index is 1220. The van der Waals surface area contributed by atoms with Gasteiger partial charge in [-0.05, 0) is 54.5 Å². The Morgan fingerprint density at radius 2 is 1.62 bits per heavy atom. The smallest absolute Gasteiger partial charge is 0.338 e. The fourth-order valence-electron chi connectivity index (χ4n) is 5.00. The number of aliphatic hydroxyl groups is 2. The molecular weight excluding hydrogens is 468 g/mol. The van der Waals surface area contributed by atoms with Gasteiger partial charge in [0, 0.05) is 5.92 Å². The number of aryl methyl sites for hydroxylation is 1. The molecule has 1 fully saturated rings. The van der Waals surface area contributed by atoms with Gasteiger partial charge in [0.05, 0.1) is 24.2 Å². The first-order chi connectivity index (χ1) is 17.9. The van der Waals surface area contributed by atoms with Crippen molar-refractivity contribution in [3.8, 4) is 11.1 Å². The quantitative estimate of drug-likeness (QED) is 0.266. The Morgan fingerprint density at radius 3 is 2.32 bits per heavy atom. The Hall–Kier alpha value is -3.74. The summed E-state index contributed by atoms with van der Waals surface area (Å²) in [5.41, 5.74) is 1.52. The summed E-state index contributed by atoms with van der Waals surface area (Å²) in [7, 11) is 0. The normalized spacial score (nSPS) is 22.1. The number of carbonyl (C=O) groups excluding carboxylic acids is 1. The molecule has 37 heavy (non-hydrogen) atoms. The summed E-state index contributed by atoms with van der Waals surface area (Å²) in [6.07, 6.45) is 2.80. The van der Waals surface area contributed by atoms with Gasteiger partial charge in [-0.1, -0.05) is 84.9 Å². The molecule has 1 aliphatic rings. The van der Waals surface area contributed by atoms with Crippen molar-refractivity contribution in [1.82, 2.24) is 0 Å². The van der Waals surface area contributed by atoms with E-state index in [9.17, 15) is 24.9 Å². The van der Waals surface area contributed by atoms with Crippen LogP contribution in [-0.4, -0.2) is 45.1 Å². The number of carboxylic acids is 1. The van der Waals surface area contributed by atoms with Crippen LogP contribution in [-0.2, 0) is 16.0 Å². The van der Waals surface area contributed by atoms with Crippen LogP contribution in [0.5, 0.6) is 0 Å². The summed E-state index contributed by atoms with van der Waals surface area (Å²) in [5, 5.41) is 31.0. The molecule has 0 aliphatic heterocycles. The van der Waals surface area contributed by atoms with Gasteiger partial charge in [0.15, 0.2) is 5.60 Å². The van der Waals surface area contributed by atoms with E-state index in [0.717, 1.165) is 16.7 Å². The molecule has 3 N–H and O–H groups in total. The van der Waals surface area contributed by atoms with Crippen LogP contribution >= 0.6 is 0 Å². The first-order valence-corrected chi connectivity index (χ1v) is 12.6. The van der Waals surface area contributed by atoms with Crippen LogP contribution in [0.1, 0.15) is 41.6 Å². The second kappa shape index (κ2) is 12.0. The largest absolute Gasteiger partial charge is 0.481 e. The molecule has 6 heteroatoms. The number of benzene rings is 3. The van der Waals surface area contributed by atoms with Crippen molar-refractivity contribution in [2.75, 3.05) is 0 Å². The van der Waals surface area contributed by atoms with E-state index >= 15 is 0 Å². The standard InChI is InChI=1S/C31H32O6/c32-27(17-14-22-8-3-1-4-9-22)18-15-26-16-19-28(33)31(26,21-29(34)35)37-30(36)25-13-7-12-24(20-25)23-10-5-2-6-11-23/h1-13,15,18,20,26-28,32-33H,14,16-17,19,21H2,(H,34,35). The lowest BCUT2D eigenvalue weighted by atomic mass is 9.85. The van der Waals surface area contributed by atoms with Crippen molar-refractivity contribution in [3.05, 3.63) is 108 Å². The Morgan fingerprint density at radius 1 is 0.946 bits per heavy atom. The predicted molar refractivity (Wildman–Crippen MR) is 141 cm³/mol. The summed E-state index contributed by atoms with van der Waals surface area (Å²) in [5.74, 6) is -2.41. The van der Waals surface area contributed by atoms with Crippen molar-refractivity contribution < 1.29 is 29.6 Å². The van der Waals surface area contributed by atoms with E-state index in [0.29, 0.717) is 25.7 Å².